The number of nitrogens with one attached hydrogen (secondary N) is 1. The van der Waals surface area contributed by atoms with E-state index in [1.165, 1.54) is 35.8 Å². The topological polar surface area (TPSA) is 116 Å². The first-order valence-electron chi connectivity index (χ1n) is 9.97. The number of rotatable bonds is 9. The SMILES string of the molecule is COC(=O)CN(N)/C=C(\N)CNSc1ccc(-c2ccccn2)s1.COc1ccc(C)cc1. The molecule has 2 aromatic heterocycles. The van der Waals surface area contributed by atoms with Crippen LogP contribution in [0.15, 0.2) is 76.9 Å². The molecule has 0 saturated heterocycles. The summed E-state index contributed by atoms with van der Waals surface area (Å²) >= 11 is 3.12. The van der Waals surface area contributed by atoms with Crippen molar-refractivity contribution in [2.75, 3.05) is 27.3 Å². The summed E-state index contributed by atoms with van der Waals surface area (Å²) in [4.78, 5) is 16.5. The van der Waals surface area contributed by atoms with E-state index in [0.717, 1.165) is 20.5 Å². The van der Waals surface area contributed by atoms with E-state index in [1.807, 2.05) is 54.6 Å². The second kappa shape index (κ2) is 14.2. The Morgan fingerprint density at radius 1 is 1.18 bits per heavy atom. The number of benzene rings is 1. The molecule has 33 heavy (non-hydrogen) atoms. The number of carbonyl (C=O) groups excluding carboxylic acids is 1. The van der Waals surface area contributed by atoms with Crippen LogP contribution in [-0.4, -0.2) is 43.3 Å². The molecular formula is C23H29N5O3S2. The zero-order valence-electron chi connectivity index (χ0n) is 18.9. The molecule has 0 bridgehead atoms. The maximum atomic E-state index is 11.1. The van der Waals surface area contributed by atoms with E-state index in [1.54, 1.807) is 24.6 Å². The standard InChI is InChI=1S/C15H19N5O2S2.C8H10O/c1-22-14(21)10-20(17)9-11(16)8-19-24-15-6-5-13(23-15)12-4-2-3-7-18-12;1-7-3-5-8(9-2)6-4-7/h2-7,9,19H,8,10,16-17H2,1H3;3-6H,1-2H3/b11-9-;. The van der Waals surface area contributed by atoms with Gasteiger partial charge >= 0.3 is 5.97 Å². The first-order chi connectivity index (χ1) is 15.9. The van der Waals surface area contributed by atoms with Crippen LogP contribution in [0, 0.1) is 6.92 Å². The Bertz CT molecular complexity index is 1010. The summed E-state index contributed by atoms with van der Waals surface area (Å²) in [5, 5.41) is 1.19. The molecule has 3 rings (SSSR count). The lowest BCUT2D eigenvalue weighted by Crippen LogP contribution is -2.33. The minimum atomic E-state index is -0.426. The van der Waals surface area contributed by atoms with Gasteiger partial charge in [-0.2, -0.15) is 0 Å². The van der Waals surface area contributed by atoms with Gasteiger partial charge in [-0.3, -0.25) is 14.5 Å². The third-order valence-corrected chi connectivity index (χ3v) is 6.10. The summed E-state index contributed by atoms with van der Waals surface area (Å²) in [7, 11) is 2.98. The van der Waals surface area contributed by atoms with Gasteiger partial charge in [0.1, 0.15) is 12.3 Å². The highest BCUT2D eigenvalue weighted by atomic mass is 32.2. The molecule has 2 heterocycles. The van der Waals surface area contributed by atoms with Crippen molar-refractivity contribution in [3.05, 3.63) is 78.3 Å². The van der Waals surface area contributed by atoms with Crippen LogP contribution >= 0.6 is 23.3 Å². The number of pyridine rings is 1. The maximum absolute atomic E-state index is 11.1. The lowest BCUT2D eigenvalue weighted by molar-refractivity contribution is -0.141. The number of aromatic nitrogens is 1. The number of aryl methyl sites for hydroxylation is 1. The summed E-state index contributed by atoms with van der Waals surface area (Å²) in [5.74, 6) is 6.13. The number of hydrogen-bond donors (Lipinski definition) is 3. The van der Waals surface area contributed by atoms with Gasteiger partial charge < -0.3 is 20.2 Å². The number of thiophene rings is 1. The molecule has 0 unspecified atom stereocenters. The van der Waals surface area contributed by atoms with Gasteiger partial charge in [0.2, 0.25) is 0 Å². The van der Waals surface area contributed by atoms with Crippen molar-refractivity contribution in [3.8, 4) is 16.3 Å². The number of carbonyl (C=O) groups is 1. The van der Waals surface area contributed by atoms with Crippen LogP contribution in [0.2, 0.25) is 0 Å². The van der Waals surface area contributed by atoms with Gasteiger partial charge in [0.25, 0.3) is 0 Å². The lowest BCUT2D eigenvalue weighted by atomic mass is 10.2. The van der Waals surface area contributed by atoms with Crippen LogP contribution in [0.25, 0.3) is 10.6 Å². The van der Waals surface area contributed by atoms with Crippen LogP contribution in [0.3, 0.4) is 0 Å². The number of esters is 1. The number of ether oxygens (including phenoxy) is 2. The van der Waals surface area contributed by atoms with E-state index in [9.17, 15) is 4.79 Å². The Hall–Kier alpha value is -3.05. The van der Waals surface area contributed by atoms with Gasteiger partial charge in [-0.1, -0.05) is 23.8 Å². The van der Waals surface area contributed by atoms with Gasteiger partial charge in [0.15, 0.2) is 0 Å². The molecule has 0 radical (unpaired) electrons. The second-order valence-corrected chi connectivity index (χ2v) is 9.00. The second-order valence-electron chi connectivity index (χ2n) is 6.73. The zero-order valence-corrected chi connectivity index (χ0v) is 20.5. The fourth-order valence-electron chi connectivity index (χ4n) is 2.40. The zero-order chi connectivity index (χ0) is 24.1. The minimum Gasteiger partial charge on any atom is -0.497 e. The van der Waals surface area contributed by atoms with Crippen molar-refractivity contribution in [1.82, 2.24) is 14.7 Å². The number of methoxy groups -OCH3 is 2. The monoisotopic (exact) mass is 487 g/mol. The van der Waals surface area contributed by atoms with Gasteiger partial charge in [0.05, 0.1) is 29.0 Å². The van der Waals surface area contributed by atoms with Gasteiger partial charge in [-0.25, -0.2) is 5.84 Å². The summed E-state index contributed by atoms with van der Waals surface area (Å²) in [6.45, 7) is 2.43. The average molecular weight is 488 g/mol. The van der Waals surface area contributed by atoms with E-state index >= 15 is 0 Å². The predicted octanol–water partition coefficient (Wildman–Crippen LogP) is 3.56. The molecular weight excluding hydrogens is 458 g/mol. The lowest BCUT2D eigenvalue weighted by Gasteiger charge is -2.13. The van der Waals surface area contributed by atoms with Crippen LogP contribution in [0.1, 0.15) is 5.56 Å². The smallest absolute Gasteiger partial charge is 0.326 e. The molecule has 5 N–H and O–H groups in total. The normalized spacial score (nSPS) is 10.7. The largest absolute Gasteiger partial charge is 0.497 e. The summed E-state index contributed by atoms with van der Waals surface area (Å²) in [5.41, 5.74) is 8.58. The quantitative estimate of drug-likeness (QED) is 0.180. The Kier molecular flexibility index (Phi) is 11.3. The Morgan fingerprint density at radius 3 is 2.58 bits per heavy atom. The van der Waals surface area contributed by atoms with Crippen LogP contribution in [0.5, 0.6) is 5.75 Å². The highest BCUT2D eigenvalue weighted by Gasteiger charge is 2.06. The molecule has 0 atom stereocenters. The van der Waals surface area contributed by atoms with Crippen LogP contribution in [0.4, 0.5) is 0 Å². The summed E-state index contributed by atoms with van der Waals surface area (Å²) < 4.78 is 13.7. The van der Waals surface area contributed by atoms with Crippen molar-refractivity contribution < 1.29 is 14.3 Å². The highest BCUT2D eigenvalue weighted by Crippen LogP contribution is 2.31. The van der Waals surface area contributed by atoms with Crippen LogP contribution < -0.4 is 21.0 Å². The summed E-state index contributed by atoms with van der Waals surface area (Å²) in [6, 6.07) is 17.9. The van der Waals surface area contributed by atoms with Gasteiger partial charge in [-0.05, 0) is 55.3 Å². The van der Waals surface area contributed by atoms with E-state index in [-0.39, 0.29) is 6.54 Å². The molecule has 0 aliphatic carbocycles. The Balaban J connectivity index is 0.000000357. The fraction of sp³-hybridized carbons (Fsp3) is 0.217. The van der Waals surface area contributed by atoms with Crippen LogP contribution in [-0.2, 0) is 9.53 Å². The molecule has 3 aromatic rings. The number of nitrogens with two attached hydrogens (primary N) is 2. The number of hydrogen-bond acceptors (Lipinski definition) is 10. The van der Waals surface area contributed by atoms with E-state index in [0.29, 0.717) is 12.2 Å². The van der Waals surface area contributed by atoms with E-state index < -0.39 is 5.97 Å². The number of nitrogens with zero attached hydrogens (tertiary/aromatic N) is 2. The molecule has 0 fully saturated rings. The molecule has 0 aliphatic heterocycles. The molecule has 0 saturated carbocycles. The summed E-state index contributed by atoms with van der Waals surface area (Å²) in [6.07, 6.45) is 3.27. The Morgan fingerprint density at radius 2 is 1.94 bits per heavy atom. The molecule has 0 aliphatic rings. The Labute approximate surface area is 202 Å². The molecule has 0 spiro atoms. The molecule has 1 aromatic carbocycles. The van der Waals surface area contributed by atoms with Crippen molar-refractivity contribution >= 4 is 29.3 Å². The van der Waals surface area contributed by atoms with E-state index in [4.69, 9.17) is 16.3 Å². The maximum Gasteiger partial charge on any atom is 0.326 e. The van der Waals surface area contributed by atoms with Crippen molar-refractivity contribution in [2.24, 2.45) is 11.6 Å². The van der Waals surface area contributed by atoms with Gasteiger partial charge in [0, 0.05) is 24.6 Å². The molecule has 176 valence electrons. The average Bonchev–Trinajstić information content (AvgIpc) is 3.29. The highest BCUT2D eigenvalue weighted by molar-refractivity contribution is 7.99. The predicted molar refractivity (Wildman–Crippen MR) is 134 cm³/mol. The molecule has 8 nitrogen and oxygen atoms in total. The third-order valence-electron chi connectivity index (χ3n) is 4.08. The molecule has 0 amide bonds. The third kappa shape index (κ3) is 9.96. The first-order valence-corrected chi connectivity index (χ1v) is 11.6. The first kappa shape index (κ1) is 26.2. The minimum absolute atomic E-state index is 0.0529. The van der Waals surface area contributed by atoms with Crippen molar-refractivity contribution in [1.29, 1.82) is 0 Å². The fourth-order valence-corrected chi connectivity index (χ4v) is 4.25. The van der Waals surface area contributed by atoms with Crippen molar-refractivity contribution in [3.63, 3.8) is 0 Å². The van der Waals surface area contributed by atoms with Gasteiger partial charge in [-0.15, -0.1) is 11.3 Å². The van der Waals surface area contributed by atoms with Crippen molar-refractivity contribution in [2.45, 2.75) is 11.1 Å². The molecule has 10 heteroatoms. The van der Waals surface area contributed by atoms with E-state index in [2.05, 4.69) is 21.4 Å². The number of hydrazine groups is 1.